The van der Waals surface area contributed by atoms with E-state index >= 15 is 0 Å². The van der Waals surface area contributed by atoms with Crippen LogP contribution in [-0.2, 0) is 4.79 Å². The smallest absolute Gasteiger partial charge is 0.282 e. The van der Waals surface area contributed by atoms with E-state index in [0.717, 1.165) is 10.7 Å². The first kappa shape index (κ1) is 17.8. The van der Waals surface area contributed by atoms with E-state index in [1.54, 1.807) is 6.92 Å². The van der Waals surface area contributed by atoms with Crippen LogP contribution in [0.1, 0.15) is 30.8 Å². The van der Waals surface area contributed by atoms with Crippen LogP contribution in [0.4, 0.5) is 20.2 Å². The second kappa shape index (κ2) is 6.91. The van der Waals surface area contributed by atoms with Crippen molar-refractivity contribution in [3.05, 3.63) is 50.8 Å². The van der Waals surface area contributed by atoms with E-state index in [-0.39, 0.29) is 16.4 Å². The topological polar surface area (TPSA) is 90.1 Å². The van der Waals surface area contributed by atoms with Gasteiger partial charge in [-0.05, 0) is 26.0 Å². The Kier molecular flexibility index (Phi) is 5.13. The number of aromatic nitrogens is 2. The lowest BCUT2D eigenvalue weighted by atomic mass is 10.2. The molecule has 24 heavy (non-hydrogen) atoms. The number of rotatable bonds is 5. The van der Waals surface area contributed by atoms with Crippen LogP contribution in [0.3, 0.4) is 0 Å². The van der Waals surface area contributed by atoms with Crippen molar-refractivity contribution in [2.45, 2.75) is 26.3 Å². The number of anilines is 1. The molecule has 0 radical (unpaired) electrons. The molecule has 0 fully saturated rings. The van der Waals surface area contributed by atoms with Gasteiger partial charge >= 0.3 is 0 Å². The number of carbonyl (C=O) groups is 1. The molecular weight excluding hydrogens is 346 g/mol. The van der Waals surface area contributed by atoms with Crippen LogP contribution in [0.5, 0.6) is 0 Å². The van der Waals surface area contributed by atoms with E-state index in [9.17, 15) is 23.7 Å². The zero-order valence-electron chi connectivity index (χ0n) is 12.7. The van der Waals surface area contributed by atoms with Crippen LogP contribution >= 0.6 is 11.6 Å². The van der Waals surface area contributed by atoms with E-state index in [0.29, 0.717) is 5.69 Å². The molecule has 1 amide bonds. The number of nitrogens with one attached hydrogen (secondary N) is 1. The third-order valence-corrected chi connectivity index (χ3v) is 3.66. The van der Waals surface area contributed by atoms with Gasteiger partial charge in [-0.15, -0.1) is 0 Å². The fourth-order valence-corrected chi connectivity index (χ4v) is 2.25. The van der Waals surface area contributed by atoms with Gasteiger partial charge in [0.05, 0.1) is 15.6 Å². The fourth-order valence-electron chi connectivity index (χ4n) is 2.08. The van der Waals surface area contributed by atoms with Crippen LogP contribution in [-0.4, -0.2) is 20.6 Å². The molecule has 1 aromatic carbocycles. The second-order valence-corrected chi connectivity index (χ2v) is 5.45. The SMILES string of the molecule is Cc1cc(C(F)F)nn1C(C)C(=O)Nc1cc([N+](=O)[O-])ccc1Cl. The molecule has 0 aliphatic carbocycles. The minimum Gasteiger partial charge on any atom is -0.323 e. The standard InChI is InChI=1S/C14H13ClF2N4O3/c1-7-5-12(13(16)17)19-20(7)8(2)14(22)18-11-6-9(21(23)24)3-4-10(11)15/h3-6,8,13H,1-2H3,(H,18,22). The van der Waals surface area contributed by atoms with Crippen LogP contribution in [0.15, 0.2) is 24.3 Å². The molecule has 1 heterocycles. The zero-order chi connectivity index (χ0) is 18.0. The quantitative estimate of drug-likeness (QED) is 0.648. The van der Waals surface area contributed by atoms with Gasteiger partial charge in [0.1, 0.15) is 11.7 Å². The number of halogens is 3. The van der Waals surface area contributed by atoms with E-state index in [1.165, 1.54) is 25.1 Å². The molecule has 1 atom stereocenters. The number of carbonyl (C=O) groups excluding carboxylic acids is 1. The number of hydrogen-bond acceptors (Lipinski definition) is 4. The summed E-state index contributed by atoms with van der Waals surface area (Å²) in [6.45, 7) is 3.01. The number of nitrogens with zero attached hydrogens (tertiary/aromatic N) is 3. The summed E-state index contributed by atoms with van der Waals surface area (Å²) in [5.41, 5.74) is -0.224. The number of amides is 1. The zero-order valence-corrected chi connectivity index (χ0v) is 13.4. The largest absolute Gasteiger partial charge is 0.323 e. The Hall–Kier alpha value is -2.55. The summed E-state index contributed by atoms with van der Waals surface area (Å²) >= 11 is 5.91. The Morgan fingerprint density at radius 3 is 2.62 bits per heavy atom. The molecule has 10 heteroatoms. The van der Waals surface area contributed by atoms with Gasteiger partial charge in [0, 0.05) is 17.8 Å². The highest BCUT2D eigenvalue weighted by atomic mass is 35.5. The van der Waals surface area contributed by atoms with Crippen molar-refractivity contribution in [3.8, 4) is 0 Å². The van der Waals surface area contributed by atoms with Crippen LogP contribution in [0, 0.1) is 17.0 Å². The number of nitro groups is 1. The normalized spacial score (nSPS) is 12.2. The lowest BCUT2D eigenvalue weighted by Crippen LogP contribution is -2.25. The highest BCUT2D eigenvalue weighted by Gasteiger charge is 2.22. The van der Waals surface area contributed by atoms with Crippen LogP contribution in [0.25, 0.3) is 0 Å². The maximum atomic E-state index is 12.7. The van der Waals surface area contributed by atoms with Gasteiger partial charge in [-0.3, -0.25) is 19.6 Å². The van der Waals surface area contributed by atoms with E-state index in [1.807, 2.05) is 0 Å². The van der Waals surface area contributed by atoms with Crippen LogP contribution in [0.2, 0.25) is 5.02 Å². The Balaban J connectivity index is 2.23. The van der Waals surface area contributed by atoms with Gasteiger partial charge in [-0.2, -0.15) is 5.10 Å². The lowest BCUT2D eigenvalue weighted by Gasteiger charge is -2.15. The van der Waals surface area contributed by atoms with E-state index in [2.05, 4.69) is 10.4 Å². The summed E-state index contributed by atoms with van der Waals surface area (Å²) in [6.07, 6.45) is -2.74. The Labute approximate surface area is 140 Å². The predicted molar refractivity (Wildman–Crippen MR) is 83.4 cm³/mol. The first-order valence-corrected chi connectivity index (χ1v) is 7.17. The minimum atomic E-state index is -2.74. The fraction of sp³-hybridized carbons (Fsp3) is 0.286. The summed E-state index contributed by atoms with van der Waals surface area (Å²) in [4.78, 5) is 22.4. The molecule has 0 aliphatic heterocycles. The third-order valence-electron chi connectivity index (χ3n) is 3.33. The van der Waals surface area contributed by atoms with E-state index < -0.39 is 29.0 Å². The number of benzene rings is 1. The van der Waals surface area contributed by atoms with Gasteiger partial charge in [-0.25, -0.2) is 8.78 Å². The first-order chi connectivity index (χ1) is 11.2. The predicted octanol–water partition coefficient (Wildman–Crippen LogP) is 3.89. The molecule has 1 N–H and O–H groups in total. The summed E-state index contributed by atoms with van der Waals surface area (Å²) in [5.74, 6) is -0.593. The molecule has 1 unspecified atom stereocenters. The van der Waals surface area contributed by atoms with Gasteiger partial charge in [0.25, 0.3) is 12.1 Å². The number of aryl methyl sites for hydroxylation is 1. The molecule has 2 rings (SSSR count). The summed E-state index contributed by atoms with van der Waals surface area (Å²) < 4.78 is 26.5. The van der Waals surface area contributed by atoms with Gasteiger partial charge in [0.2, 0.25) is 5.91 Å². The Bertz CT molecular complexity index is 794. The third kappa shape index (κ3) is 3.67. The highest BCUT2D eigenvalue weighted by Crippen LogP contribution is 2.28. The van der Waals surface area contributed by atoms with Gasteiger partial charge in [0.15, 0.2) is 0 Å². The van der Waals surface area contributed by atoms with Gasteiger partial charge < -0.3 is 5.32 Å². The van der Waals surface area contributed by atoms with Crippen molar-refractivity contribution in [1.29, 1.82) is 0 Å². The van der Waals surface area contributed by atoms with Crippen molar-refractivity contribution in [3.63, 3.8) is 0 Å². The van der Waals surface area contributed by atoms with Crippen molar-refractivity contribution in [2.24, 2.45) is 0 Å². The monoisotopic (exact) mass is 358 g/mol. The number of alkyl halides is 2. The maximum absolute atomic E-state index is 12.7. The molecule has 2 aromatic rings. The molecule has 7 nitrogen and oxygen atoms in total. The first-order valence-electron chi connectivity index (χ1n) is 6.79. The number of nitro benzene ring substituents is 1. The molecule has 128 valence electrons. The summed E-state index contributed by atoms with van der Waals surface area (Å²) in [7, 11) is 0. The second-order valence-electron chi connectivity index (χ2n) is 5.04. The Morgan fingerprint density at radius 1 is 1.42 bits per heavy atom. The maximum Gasteiger partial charge on any atom is 0.282 e. The summed E-state index contributed by atoms with van der Waals surface area (Å²) in [6, 6.07) is 3.89. The minimum absolute atomic E-state index is 0.0570. The number of hydrogen-bond donors (Lipinski definition) is 1. The molecule has 0 aliphatic rings. The molecule has 0 saturated heterocycles. The van der Waals surface area contributed by atoms with Crippen molar-refractivity contribution in [2.75, 3.05) is 5.32 Å². The Morgan fingerprint density at radius 2 is 2.08 bits per heavy atom. The summed E-state index contributed by atoms with van der Waals surface area (Å²) in [5, 5.41) is 17.0. The van der Waals surface area contributed by atoms with E-state index in [4.69, 9.17) is 11.6 Å². The number of non-ortho nitro benzene ring substituents is 1. The van der Waals surface area contributed by atoms with Crippen molar-refractivity contribution in [1.82, 2.24) is 9.78 Å². The molecular formula is C14H13ClF2N4O3. The average Bonchev–Trinajstić information content (AvgIpc) is 2.90. The van der Waals surface area contributed by atoms with Crippen molar-refractivity contribution >= 4 is 28.9 Å². The molecule has 0 saturated carbocycles. The molecule has 1 aromatic heterocycles. The molecule has 0 bridgehead atoms. The van der Waals surface area contributed by atoms with Gasteiger partial charge in [-0.1, -0.05) is 11.6 Å². The molecule has 0 spiro atoms. The average molecular weight is 359 g/mol. The lowest BCUT2D eigenvalue weighted by molar-refractivity contribution is -0.384. The van der Waals surface area contributed by atoms with Crippen molar-refractivity contribution < 1.29 is 18.5 Å². The van der Waals surface area contributed by atoms with Crippen LogP contribution < -0.4 is 5.32 Å². The highest BCUT2D eigenvalue weighted by molar-refractivity contribution is 6.33.